The Hall–Kier alpha value is -0.0800. The van der Waals surface area contributed by atoms with Crippen LogP contribution in [0.4, 0.5) is 0 Å². The molecule has 1 aliphatic rings. The predicted octanol–water partition coefficient (Wildman–Crippen LogP) is 0.608. The summed E-state index contributed by atoms with van der Waals surface area (Å²) in [6.07, 6.45) is 0.974. The van der Waals surface area contributed by atoms with E-state index < -0.39 is 0 Å². The van der Waals surface area contributed by atoms with Crippen LogP contribution in [0.2, 0.25) is 0 Å². The monoisotopic (exact) mass is 144 g/mol. The minimum absolute atomic E-state index is 0.0279. The lowest BCUT2D eigenvalue weighted by molar-refractivity contribution is -0.914. The van der Waals surface area contributed by atoms with Gasteiger partial charge in [0.05, 0.1) is 19.6 Å². The first-order chi connectivity index (χ1) is 4.72. The number of hydrogen-bond acceptors (Lipinski definition) is 1. The van der Waals surface area contributed by atoms with Gasteiger partial charge in [0, 0.05) is 6.42 Å². The first-order valence-corrected chi connectivity index (χ1v) is 4.25. The van der Waals surface area contributed by atoms with Crippen molar-refractivity contribution in [1.82, 2.24) is 0 Å². The molecule has 1 fully saturated rings. The minimum atomic E-state index is -0.0279. The van der Waals surface area contributed by atoms with Crippen LogP contribution in [-0.2, 0) is 0 Å². The van der Waals surface area contributed by atoms with Gasteiger partial charge in [-0.2, -0.15) is 0 Å². The molecule has 60 valence electrons. The zero-order valence-electron chi connectivity index (χ0n) is 7.01. The van der Waals surface area contributed by atoms with Crippen molar-refractivity contribution in [3.63, 3.8) is 0 Å². The molecule has 0 spiro atoms. The van der Waals surface area contributed by atoms with Crippen molar-refractivity contribution < 1.29 is 9.59 Å². The summed E-state index contributed by atoms with van der Waals surface area (Å²) in [6, 6.07) is 0. The fraction of sp³-hybridized carbons (Fsp3) is 1.00. The molecule has 0 bridgehead atoms. The summed E-state index contributed by atoms with van der Waals surface area (Å²) in [6.45, 7) is 8.92. The maximum Gasteiger partial charge on any atom is 0.108 e. The Morgan fingerprint density at radius 1 is 1.40 bits per heavy atom. The van der Waals surface area contributed by atoms with Gasteiger partial charge in [0.25, 0.3) is 0 Å². The van der Waals surface area contributed by atoms with E-state index in [1.165, 1.54) is 19.6 Å². The lowest BCUT2D eigenvalue weighted by Gasteiger charge is -2.31. The number of nitrogens with zero attached hydrogens (tertiary/aromatic N) is 1. The Morgan fingerprint density at radius 2 is 2.00 bits per heavy atom. The summed E-state index contributed by atoms with van der Waals surface area (Å²) in [5.41, 5.74) is 0. The van der Waals surface area contributed by atoms with E-state index in [0.717, 1.165) is 17.4 Å². The highest BCUT2D eigenvalue weighted by Crippen LogP contribution is 2.18. The number of quaternary nitrogens is 1. The van der Waals surface area contributed by atoms with Crippen molar-refractivity contribution in [3.8, 4) is 0 Å². The minimum Gasteiger partial charge on any atom is -0.387 e. The summed E-state index contributed by atoms with van der Waals surface area (Å²) in [5, 5.41) is 9.31. The van der Waals surface area contributed by atoms with Gasteiger partial charge in [0.1, 0.15) is 12.6 Å². The van der Waals surface area contributed by atoms with Crippen molar-refractivity contribution in [2.75, 3.05) is 26.2 Å². The normalized spacial score (nSPS) is 30.9. The average molecular weight is 144 g/mol. The second-order valence-electron chi connectivity index (χ2n) is 3.32. The van der Waals surface area contributed by atoms with Crippen molar-refractivity contribution in [2.45, 2.75) is 26.4 Å². The standard InChI is InChI=1S/C8H18NO/c1-3-9(4-2)6-5-8(10)7-9/h8,10H,3-7H2,1-2H3/q+1. The summed E-state index contributed by atoms with van der Waals surface area (Å²) < 4.78 is 1.13. The molecule has 10 heavy (non-hydrogen) atoms. The number of hydrogen-bond donors (Lipinski definition) is 1. The highest BCUT2D eigenvalue weighted by atomic mass is 16.3. The molecule has 1 unspecified atom stereocenters. The molecule has 0 aromatic rings. The molecule has 1 saturated heterocycles. The van der Waals surface area contributed by atoms with Gasteiger partial charge in [-0.25, -0.2) is 0 Å². The number of rotatable bonds is 2. The Bertz CT molecular complexity index is 110. The van der Waals surface area contributed by atoms with Crippen molar-refractivity contribution >= 4 is 0 Å². The highest BCUT2D eigenvalue weighted by Gasteiger charge is 2.33. The first kappa shape index (κ1) is 8.02. The summed E-state index contributed by atoms with van der Waals surface area (Å²) >= 11 is 0. The quantitative estimate of drug-likeness (QED) is 0.563. The van der Waals surface area contributed by atoms with Crippen LogP contribution in [0.1, 0.15) is 20.3 Å². The Morgan fingerprint density at radius 3 is 2.20 bits per heavy atom. The molecule has 0 aromatic heterocycles. The van der Waals surface area contributed by atoms with Gasteiger partial charge >= 0.3 is 0 Å². The zero-order chi connectivity index (χ0) is 7.61. The smallest absolute Gasteiger partial charge is 0.108 e. The van der Waals surface area contributed by atoms with E-state index in [1.807, 2.05) is 0 Å². The number of aliphatic hydroxyl groups excluding tert-OH is 1. The van der Waals surface area contributed by atoms with Gasteiger partial charge in [-0.1, -0.05) is 0 Å². The Kier molecular flexibility index (Phi) is 2.32. The van der Waals surface area contributed by atoms with E-state index in [4.69, 9.17) is 0 Å². The number of likely N-dealkylation sites (N-methyl/N-ethyl adjacent to an activating group) is 1. The van der Waals surface area contributed by atoms with Crippen LogP contribution in [0, 0.1) is 0 Å². The van der Waals surface area contributed by atoms with E-state index in [1.54, 1.807) is 0 Å². The van der Waals surface area contributed by atoms with Crippen LogP contribution in [0.15, 0.2) is 0 Å². The van der Waals surface area contributed by atoms with Crippen molar-refractivity contribution in [2.24, 2.45) is 0 Å². The molecular formula is C8H18NO+. The average Bonchev–Trinajstić information content (AvgIpc) is 2.33. The van der Waals surface area contributed by atoms with E-state index in [0.29, 0.717) is 0 Å². The Labute approximate surface area is 63.1 Å². The second kappa shape index (κ2) is 2.89. The van der Waals surface area contributed by atoms with Gasteiger partial charge in [-0.3, -0.25) is 0 Å². The van der Waals surface area contributed by atoms with E-state index >= 15 is 0 Å². The number of aliphatic hydroxyl groups is 1. The van der Waals surface area contributed by atoms with E-state index in [9.17, 15) is 5.11 Å². The summed E-state index contributed by atoms with van der Waals surface area (Å²) in [5.74, 6) is 0. The van der Waals surface area contributed by atoms with Crippen LogP contribution in [0.5, 0.6) is 0 Å². The molecule has 1 N–H and O–H groups in total. The molecule has 2 nitrogen and oxygen atoms in total. The molecule has 0 amide bonds. The molecule has 1 atom stereocenters. The molecule has 1 aliphatic heterocycles. The maximum atomic E-state index is 9.31. The zero-order valence-corrected chi connectivity index (χ0v) is 7.01. The molecule has 1 heterocycles. The van der Waals surface area contributed by atoms with Gasteiger partial charge in [0.2, 0.25) is 0 Å². The third-order valence-corrected chi connectivity index (χ3v) is 2.88. The lowest BCUT2D eigenvalue weighted by Crippen LogP contribution is -2.45. The molecule has 0 aromatic carbocycles. The molecular weight excluding hydrogens is 126 g/mol. The van der Waals surface area contributed by atoms with Crippen LogP contribution in [-0.4, -0.2) is 41.9 Å². The first-order valence-electron chi connectivity index (χ1n) is 4.25. The fourth-order valence-corrected chi connectivity index (χ4v) is 1.85. The summed E-state index contributed by atoms with van der Waals surface area (Å²) in [4.78, 5) is 0. The number of likely N-dealkylation sites (tertiary alicyclic amines) is 1. The SMILES string of the molecule is CC[N+]1(CC)CCC(O)C1. The highest BCUT2D eigenvalue weighted by molar-refractivity contribution is 4.62. The van der Waals surface area contributed by atoms with Crippen LogP contribution in [0.25, 0.3) is 0 Å². The molecule has 2 heteroatoms. The van der Waals surface area contributed by atoms with Gasteiger partial charge < -0.3 is 9.59 Å². The van der Waals surface area contributed by atoms with Gasteiger partial charge in [-0.15, -0.1) is 0 Å². The van der Waals surface area contributed by atoms with Crippen LogP contribution < -0.4 is 0 Å². The predicted molar refractivity (Wildman–Crippen MR) is 41.7 cm³/mol. The van der Waals surface area contributed by atoms with E-state index in [-0.39, 0.29) is 6.10 Å². The topological polar surface area (TPSA) is 20.2 Å². The molecule has 1 rings (SSSR count). The lowest BCUT2D eigenvalue weighted by atomic mass is 10.3. The Balaban J connectivity index is 2.51. The third kappa shape index (κ3) is 1.32. The largest absolute Gasteiger partial charge is 0.387 e. The maximum absolute atomic E-state index is 9.31. The van der Waals surface area contributed by atoms with Crippen molar-refractivity contribution in [3.05, 3.63) is 0 Å². The van der Waals surface area contributed by atoms with Gasteiger partial charge in [0.15, 0.2) is 0 Å². The molecule has 0 aliphatic carbocycles. The second-order valence-corrected chi connectivity index (χ2v) is 3.32. The summed E-state index contributed by atoms with van der Waals surface area (Å²) in [7, 11) is 0. The fourth-order valence-electron chi connectivity index (χ4n) is 1.85. The molecule has 0 radical (unpaired) electrons. The molecule has 0 saturated carbocycles. The third-order valence-electron chi connectivity index (χ3n) is 2.88. The van der Waals surface area contributed by atoms with E-state index in [2.05, 4.69) is 13.8 Å². The van der Waals surface area contributed by atoms with Gasteiger partial charge in [-0.05, 0) is 13.8 Å². The van der Waals surface area contributed by atoms with Crippen molar-refractivity contribution in [1.29, 1.82) is 0 Å². The van der Waals surface area contributed by atoms with Crippen LogP contribution >= 0.6 is 0 Å². The van der Waals surface area contributed by atoms with Crippen LogP contribution in [0.3, 0.4) is 0 Å².